The van der Waals surface area contributed by atoms with Gasteiger partial charge >= 0.3 is 12.0 Å². The molecule has 0 aromatic heterocycles. The second-order valence-electron chi connectivity index (χ2n) is 5.40. The number of amides is 2. The molecule has 1 atom stereocenters. The molecule has 2 fully saturated rings. The minimum atomic E-state index is -0.829. The molecule has 0 aromatic carbocycles. The van der Waals surface area contributed by atoms with Crippen molar-refractivity contribution in [3.63, 3.8) is 0 Å². The number of carbonyl (C=O) groups is 2. The van der Waals surface area contributed by atoms with Crippen LogP contribution in [0.25, 0.3) is 0 Å². The fraction of sp³-hybridized carbons (Fsp3) is 0.833. The number of ether oxygens (including phenoxy) is 1. The molecule has 1 unspecified atom stereocenters. The quantitative estimate of drug-likeness (QED) is 0.626. The van der Waals surface area contributed by atoms with Crippen molar-refractivity contribution >= 4 is 12.0 Å². The summed E-state index contributed by atoms with van der Waals surface area (Å²) in [5, 5.41) is 14.3. The number of likely N-dealkylation sites (N-methyl/N-ethyl adjacent to an activating group) is 1. The van der Waals surface area contributed by atoms with Gasteiger partial charge in [-0.2, -0.15) is 0 Å². The van der Waals surface area contributed by atoms with Crippen LogP contribution in [-0.2, 0) is 9.53 Å². The van der Waals surface area contributed by atoms with Crippen molar-refractivity contribution in [1.29, 1.82) is 0 Å². The highest BCUT2D eigenvalue weighted by atomic mass is 16.5. The number of hydrogen-bond donors (Lipinski definition) is 3. The summed E-state index contributed by atoms with van der Waals surface area (Å²) in [5.41, 5.74) is -0.723. The molecule has 1 heterocycles. The van der Waals surface area contributed by atoms with Crippen LogP contribution in [0.3, 0.4) is 0 Å². The van der Waals surface area contributed by atoms with Gasteiger partial charge in [-0.25, -0.2) is 4.79 Å². The van der Waals surface area contributed by atoms with E-state index in [0.29, 0.717) is 26.0 Å². The Morgan fingerprint density at radius 3 is 2.74 bits per heavy atom. The van der Waals surface area contributed by atoms with Crippen molar-refractivity contribution < 1.29 is 19.4 Å². The number of carboxylic acid groups (broad SMARTS) is 1. The van der Waals surface area contributed by atoms with Crippen LogP contribution in [0, 0.1) is 5.41 Å². The van der Waals surface area contributed by atoms with Gasteiger partial charge in [-0.3, -0.25) is 4.79 Å². The molecule has 19 heavy (non-hydrogen) atoms. The maximum atomic E-state index is 11.6. The highest BCUT2D eigenvalue weighted by molar-refractivity contribution is 5.80. The minimum Gasteiger partial charge on any atom is -0.481 e. The number of nitrogens with zero attached hydrogens (tertiary/aromatic N) is 1. The largest absolute Gasteiger partial charge is 0.481 e. The first kappa shape index (κ1) is 14.1. The van der Waals surface area contributed by atoms with E-state index in [1.165, 1.54) is 0 Å². The van der Waals surface area contributed by atoms with Crippen molar-refractivity contribution in [2.75, 3.05) is 39.8 Å². The molecular formula is C12H21N3O4. The number of nitrogens with one attached hydrogen (secondary N) is 2. The van der Waals surface area contributed by atoms with Gasteiger partial charge in [-0.1, -0.05) is 0 Å². The minimum absolute atomic E-state index is 0.00106. The average Bonchev–Trinajstić information content (AvgIpc) is 3.15. The van der Waals surface area contributed by atoms with Gasteiger partial charge in [-0.15, -0.1) is 0 Å². The van der Waals surface area contributed by atoms with Gasteiger partial charge in [0.05, 0.1) is 18.1 Å². The summed E-state index contributed by atoms with van der Waals surface area (Å²) >= 11 is 0. The summed E-state index contributed by atoms with van der Waals surface area (Å²) in [7, 11) is 2.01. The van der Waals surface area contributed by atoms with E-state index in [1.807, 2.05) is 7.05 Å². The summed E-state index contributed by atoms with van der Waals surface area (Å²) in [6.45, 7) is 3.01. The molecular weight excluding hydrogens is 250 g/mol. The van der Waals surface area contributed by atoms with Gasteiger partial charge in [0.1, 0.15) is 0 Å². The van der Waals surface area contributed by atoms with Crippen LogP contribution in [0.4, 0.5) is 4.79 Å². The summed E-state index contributed by atoms with van der Waals surface area (Å²) < 4.78 is 5.52. The van der Waals surface area contributed by atoms with Gasteiger partial charge in [-0.05, 0) is 19.9 Å². The van der Waals surface area contributed by atoms with Gasteiger partial charge < -0.3 is 25.4 Å². The monoisotopic (exact) mass is 271 g/mol. The first-order valence-electron chi connectivity index (χ1n) is 6.57. The van der Waals surface area contributed by atoms with Crippen LogP contribution in [0.1, 0.15) is 12.8 Å². The number of rotatable bonds is 5. The SMILES string of the molecule is CN1CCOC(CNC(=O)NCC2(C(=O)O)CC2)C1. The molecule has 1 saturated heterocycles. The molecule has 2 aliphatic rings. The molecule has 0 aromatic rings. The van der Waals surface area contributed by atoms with Crippen LogP contribution < -0.4 is 10.6 Å². The Morgan fingerprint density at radius 1 is 1.42 bits per heavy atom. The van der Waals surface area contributed by atoms with Crippen LogP contribution in [0.15, 0.2) is 0 Å². The summed E-state index contributed by atoms with van der Waals surface area (Å²) in [4.78, 5) is 24.7. The summed E-state index contributed by atoms with van der Waals surface area (Å²) in [6.07, 6.45) is 1.28. The predicted octanol–water partition coefficient (Wildman–Crippen LogP) is -0.519. The summed E-state index contributed by atoms with van der Waals surface area (Å²) in [6, 6.07) is -0.329. The van der Waals surface area contributed by atoms with E-state index >= 15 is 0 Å². The third-order valence-electron chi connectivity index (χ3n) is 3.73. The van der Waals surface area contributed by atoms with Crippen LogP contribution in [0.5, 0.6) is 0 Å². The van der Waals surface area contributed by atoms with E-state index in [4.69, 9.17) is 9.84 Å². The molecule has 3 N–H and O–H groups in total. The standard InChI is InChI=1S/C12H21N3O4/c1-15-4-5-19-9(7-15)6-13-11(18)14-8-12(2-3-12)10(16)17/h9H,2-8H2,1H3,(H,16,17)(H2,13,14,18). The fourth-order valence-electron chi connectivity index (χ4n) is 2.13. The van der Waals surface area contributed by atoms with Crippen molar-refractivity contribution in [3.05, 3.63) is 0 Å². The van der Waals surface area contributed by atoms with Crippen LogP contribution in [-0.4, -0.2) is 67.9 Å². The predicted molar refractivity (Wildman–Crippen MR) is 67.9 cm³/mol. The second-order valence-corrected chi connectivity index (χ2v) is 5.40. The average molecular weight is 271 g/mol. The van der Waals surface area contributed by atoms with E-state index in [-0.39, 0.29) is 18.7 Å². The van der Waals surface area contributed by atoms with E-state index in [9.17, 15) is 9.59 Å². The Morgan fingerprint density at radius 2 is 2.16 bits per heavy atom. The lowest BCUT2D eigenvalue weighted by molar-refractivity contribution is -0.143. The maximum absolute atomic E-state index is 11.6. The van der Waals surface area contributed by atoms with E-state index < -0.39 is 11.4 Å². The Balaban J connectivity index is 1.63. The molecule has 1 saturated carbocycles. The molecule has 1 aliphatic heterocycles. The number of carboxylic acids is 1. The smallest absolute Gasteiger partial charge is 0.314 e. The van der Waals surface area contributed by atoms with Gasteiger partial charge in [0.2, 0.25) is 0 Å². The van der Waals surface area contributed by atoms with Gasteiger partial charge in [0.25, 0.3) is 0 Å². The van der Waals surface area contributed by atoms with Gasteiger partial charge in [0.15, 0.2) is 0 Å². The number of urea groups is 1. The van der Waals surface area contributed by atoms with E-state index in [0.717, 1.165) is 13.1 Å². The van der Waals surface area contributed by atoms with E-state index in [2.05, 4.69) is 15.5 Å². The van der Waals surface area contributed by atoms with Crippen molar-refractivity contribution in [2.45, 2.75) is 18.9 Å². The zero-order valence-corrected chi connectivity index (χ0v) is 11.1. The lowest BCUT2D eigenvalue weighted by Crippen LogP contribution is -2.48. The molecule has 7 nitrogen and oxygen atoms in total. The number of aliphatic carboxylic acids is 1. The fourth-order valence-corrected chi connectivity index (χ4v) is 2.13. The highest BCUT2D eigenvalue weighted by Crippen LogP contribution is 2.45. The number of carbonyl (C=O) groups excluding carboxylic acids is 1. The first-order valence-corrected chi connectivity index (χ1v) is 6.57. The number of morpholine rings is 1. The molecule has 1 aliphatic carbocycles. The normalized spacial score (nSPS) is 25.6. The zero-order chi connectivity index (χ0) is 13.9. The molecule has 0 radical (unpaired) electrons. The van der Waals surface area contributed by atoms with Crippen LogP contribution in [0.2, 0.25) is 0 Å². The Kier molecular flexibility index (Phi) is 4.26. The maximum Gasteiger partial charge on any atom is 0.314 e. The molecule has 2 amide bonds. The first-order chi connectivity index (χ1) is 9.02. The van der Waals surface area contributed by atoms with Crippen molar-refractivity contribution in [2.24, 2.45) is 5.41 Å². The molecule has 2 rings (SSSR count). The molecule has 0 bridgehead atoms. The zero-order valence-electron chi connectivity index (χ0n) is 11.1. The van der Waals surface area contributed by atoms with Crippen molar-refractivity contribution in [1.82, 2.24) is 15.5 Å². The molecule has 0 spiro atoms. The van der Waals surface area contributed by atoms with Crippen LogP contribution >= 0.6 is 0 Å². The third kappa shape index (κ3) is 3.81. The Bertz CT molecular complexity index is 357. The Labute approximate surface area is 112 Å². The lowest BCUT2D eigenvalue weighted by Gasteiger charge is -2.30. The molecule has 7 heteroatoms. The van der Waals surface area contributed by atoms with E-state index in [1.54, 1.807) is 0 Å². The Hall–Kier alpha value is -1.34. The number of hydrogen-bond acceptors (Lipinski definition) is 4. The third-order valence-corrected chi connectivity index (χ3v) is 3.73. The topological polar surface area (TPSA) is 90.9 Å². The molecule has 108 valence electrons. The second kappa shape index (κ2) is 5.75. The highest BCUT2D eigenvalue weighted by Gasteiger charge is 2.50. The van der Waals surface area contributed by atoms with Crippen molar-refractivity contribution in [3.8, 4) is 0 Å². The summed E-state index contributed by atoms with van der Waals surface area (Å²) in [5.74, 6) is -0.829. The van der Waals surface area contributed by atoms with Gasteiger partial charge in [0, 0.05) is 26.2 Å². The lowest BCUT2D eigenvalue weighted by atomic mass is 10.1.